The van der Waals surface area contributed by atoms with E-state index in [1.807, 2.05) is 7.05 Å². The summed E-state index contributed by atoms with van der Waals surface area (Å²) in [5.74, 6) is 0.536. The molecule has 108 valence electrons. The molecule has 1 rings (SSSR count). The fourth-order valence-corrected chi connectivity index (χ4v) is 3.89. The predicted octanol–water partition coefficient (Wildman–Crippen LogP) is 1.75. The molecule has 0 radical (unpaired) electrons. The van der Waals surface area contributed by atoms with E-state index in [0.717, 1.165) is 19.3 Å². The van der Waals surface area contributed by atoms with Gasteiger partial charge in [0.1, 0.15) is 9.84 Å². The van der Waals surface area contributed by atoms with Gasteiger partial charge in [-0.25, -0.2) is 8.42 Å². The molecule has 0 aromatic heterocycles. The lowest BCUT2D eigenvalue weighted by atomic mass is 9.89. The Morgan fingerprint density at radius 1 is 1.33 bits per heavy atom. The van der Waals surface area contributed by atoms with Crippen molar-refractivity contribution in [3.63, 3.8) is 0 Å². The summed E-state index contributed by atoms with van der Waals surface area (Å²) in [4.78, 5) is 0. The van der Waals surface area contributed by atoms with Crippen molar-refractivity contribution in [2.75, 3.05) is 25.7 Å². The first-order chi connectivity index (χ1) is 8.49. The number of nitrogens with one attached hydrogen (secondary N) is 1. The maximum atomic E-state index is 11.5. The average molecular weight is 277 g/mol. The molecule has 1 unspecified atom stereocenters. The van der Waals surface area contributed by atoms with Crippen LogP contribution in [0.2, 0.25) is 0 Å². The lowest BCUT2D eigenvalue weighted by molar-refractivity contribution is -0.0359. The number of methoxy groups -OCH3 is 1. The zero-order valence-electron chi connectivity index (χ0n) is 11.9. The maximum Gasteiger partial charge on any atom is 0.150 e. The van der Waals surface area contributed by atoms with Crippen molar-refractivity contribution in [3.8, 4) is 0 Å². The number of hydrogen-bond donors (Lipinski definition) is 1. The van der Waals surface area contributed by atoms with Gasteiger partial charge < -0.3 is 10.1 Å². The molecule has 5 heteroatoms. The van der Waals surface area contributed by atoms with Crippen molar-refractivity contribution in [3.05, 3.63) is 0 Å². The molecule has 0 heterocycles. The molecule has 0 spiro atoms. The van der Waals surface area contributed by atoms with E-state index in [9.17, 15) is 8.42 Å². The lowest BCUT2D eigenvalue weighted by Crippen LogP contribution is -2.49. The fourth-order valence-electron chi connectivity index (χ4n) is 2.99. The molecular weight excluding hydrogens is 250 g/mol. The van der Waals surface area contributed by atoms with Crippen LogP contribution in [0.15, 0.2) is 0 Å². The largest absolute Gasteiger partial charge is 0.377 e. The summed E-state index contributed by atoms with van der Waals surface area (Å²) in [6, 6.07) is 0.261. The SMILES string of the molecule is CCS(=O)(=O)CCCC(NC)C1(OC)CCCC1. The molecule has 1 aliphatic carbocycles. The molecule has 1 aliphatic rings. The molecule has 18 heavy (non-hydrogen) atoms. The number of hydrogen-bond acceptors (Lipinski definition) is 4. The van der Waals surface area contributed by atoms with Crippen LogP contribution in [0.5, 0.6) is 0 Å². The van der Waals surface area contributed by atoms with Crippen LogP contribution in [0.3, 0.4) is 0 Å². The average Bonchev–Trinajstić information content (AvgIpc) is 2.84. The first-order valence-electron chi connectivity index (χ1n) is 6.92. The van der Waals surface area contributed by atoms with E-state index in [2.05, 4.69) is 5.32 Å². The highest BCUT2D eigenvalue weighted by Crippen LogP contribution is 2.37. The molecule has 0 aromatic carbocycles. The van der Waals surface area contributed by atoms with Crippen LogP contribution >= 0.6 is 0 Å². The minimum absolute atomic E-state index is 0.0786. The zero-order valence-corrected chi connectivity index (χ0v) is 12.7. The van der Waals surface area contributed by atoms with Crippen LogP contribution in [0.4, 0.5) is 0 Å². The van der Waals surface area contributed by atoms with Crippen molar-refractivity contribution >= 4 is 9.84 Å². The molecule has 0 saturated heterocycles. The molecule has 0 aromatic rings. The summed E-state index contributed by atoms with van der Waals surface area (Å²) >= 11 is 0. The second-order valence-corrected chi connectivity index (χ2v) is 7.67. The Morgan fingerprint density at radius 3 is 2.39 bits per heavy atom. The molecule has 0 bridgehead atoms. The first kappa shape index (κ1) is 15.9. The topological polar surface area (TPSA) is 55.4 Å². The van der Waals surface area contributed by atoms with E-state index in [-0.39, 0.29) is 17.4 Å². The Labute approximate surface area is 111 Å². The molecule has 1 fully saturated rings. The Bertz CT molecular complexity index is 334. The predicted molar refractivity (Wildman–Crippen MR) is 74.6 cm³/mol. The Kier molecular flexibility index (Phi) is 6.08. The Balaban J connectivity index is 2.51. The van der Waals surface area contributed by atoms with Crippen LogP contribution in [0.25, 0.3) is 0 Å². The molecule has 0 aliphatic heterocycles. The van der Waals surface area contributed by atoms with Gasteiger partial charge in [0.15, 0.2) is 0 Å². The van der Waals surface area contributed by atoms with Crippen LogP contribution in [0, 0.1) is 0 Å². The Morgan fingerprint density at radius 2 is 1.94 bits per heavy atom. The zero-order chi connectivity index (χ0) is 13.6. The van der Waals surface area contributed by atoms with E-state index in [1.54, 1.807) is 14.0 Å². The highest BCUT2D eigenvalue weighted by Gasteiger charge is 2.40. The third-order valence-electron chi connectivity index (χ3n) is 4.23. The normalized spacial score (nSPS) is 21.1. The van der Waals surface area contributed by atoms with E-state index < -0.39 is 9.84 Å². The monoisotopic (exact) mass is 277 g/mol. The van der Waals surface area contributed by atoms with Gasteiger partial charge in [-0.1, -0.05) is 19.8 Å². The van der Waals surface area contributed by atoms with Gasteiger partial charge in [-0.3, -0.25) is 0 Å². The summed E-state index contributed by atoms with van der Waals surface area (Å²) < 4.78 is 28.7. The number of sulfone groups is 1. The first-order valence-corrected chi connectivity index (χ1v) is 8.74. The minimum Gasteiger partial charge on any atom is -0.377 e. The molecule has 1 saturated carbocycles. The summed E-state index contributed by atoms with van der Waals surface area (Å²) in [5, 5.41) is 3.32. The van der Waals surface area contributed by atoms with Crippen LogP contribution in [-0.2, 0) is 14.6 Å². The van der Waals surface area contributed by atoms with E-state index in [0.29, 0.717) is 12.2 Å². The van der Waals surface area contributed by atoms with E-state index in [4.69, 9.17) is 4.74 Å². The van der Waals surface area contributed by atoms with Crippen LogP contribution in [0.1, 0.15) is 45.4 Å². The highest BCUT2D eigenvalue weighted by atomic mass is 32.2. The second-order valence-electron chi connectivity index (χ2n) is 5.20. The van der Waals surface area contributed by atoms with Gasteiger partial charge in [0.25, 0.3) is 0 Å². The van der Waals surface area contributed by atoms with Crippen molar-refractivity contribution in [1.29, 1.82) is 0 Å². The number of likely N-dealkylation sites (N-methyl/N-ethyl adjacent to an activating group) is 1. The van der Waals surface area contributed by atoms with E-state index in [1.165, 1.54) is 12.8 Å². The van der Waals surface area contributed by atoms with Gasteiger partial charge in [-0.15, -0.1) is 0 Å². The van der Waals surface area contributed by atoms with Gasteiger partial charge in [-0.05, 0) is 32.7 Å². The minimum atomic E-state index is -2.84. The quantitative estimate of drug-likeness (QED) is 0.734. The third-order valence-corrected chi connectivity index (χ3v) is 6.02. The Hall–Kier alpha value is -0.130. The molecule has 1 atom stereocenters. The van der Waals surface area contributed by atoms with E-state index >= 15 is 0 Å². The smallest absolute Gasteiger partial charge is 0.150 e. The standard InChI is InChI=1S/C13H27NO3S/c1-4-18(15,16)11-7-8-12(14-2)13(17-3)9-5-6-10-13/h12,14H,4-11H2,1-3H3. The van der Waals surface area contributed by atoms with Crippen LogP contribution in [-0.4, -0.2) is 45.7 Å². The second kappa shape index (κ2) is 6.87. The summed E-state index contributed by atoms with van der Waals surface area (Å²) in [6.07, 6.45) is 6.15. The summed E-state index contributed by atoms with van der Waals surface area (Å²) in [5.41, 5.74) is -0.0786. The van der Waals surface area contributed by atoms with Gasteiger partial charge in [0.2, 0.25) is 0 Å². The highest BCUT2D eigenvalue weighted by molar-refractivity contribution is 7.91. The number of ether oxygens (including phenoxy) is 1. The maximum absolute atomic E-state index is 11.5. The van der Waals surface area contributed by atoms with Gasteiger partial charge in [-0.2, -0.15) is 0 Å². The molecular formula is C13H27NO3S. The summed E-state index contributed by atoms with van der Waals surface area (Å²) in [7, 11) is 0.877. The van der Waals surface area contributed by atoms with Crippen LogP contribution < -0.4 is 5.32 Å². The lowest BCUT2D eigenvalue weighted by Gasteiger charge is -2.36. The van der Waals surface area contributed by atoms with Gasteiger partial charge in [0.05, 0.1) is 11.4 Å². The summed E-state index contributed by atoms with van der Waals surface area (Å²) in [6.45, 7) is 1.71. The van der Waals surface area contributed by atoms with Gasteiger partial charge in [0, 0.05) is 18.9 Å². The third kappa shape index (κ3) is 3.93. The fraction of sp³-hybridized carbons (Fsp3) is 1.00. The van der Waals surface area contributed by atoms with Crippen molar-refractivity contribution in [2.45, 2.75) is 57.1 Å². The molecule has 0 amide bonds. The van der Waals surface area contributed by atoms with Gasteiger partial charge >= 0.3 is 0 Å². The van der Waals surface area contributed by atoms with Crippen molar-refractivity contribution < 1.29 is 13.2 Å². The molecule has 4 nitrogen and oxygen atoms in total. The molecule has 1 N–H and O–H groups in total. The number of rotatable bonds is 8. The van der Waals surface area contributed by atoms with Crippen molar-refractivity contribution in [1.82, 2.24) is 5.32 Å². The van der Waals surface area contributed by atoms with Crippen molar-refractivity contribution in [2.24, 2.45) is 0 Å².